The highest BCUT2D eigenvalue weighted by atomic mass is 16.3. The van der Waals surface area contributed by atoms with Crippen LogP contribution in [0.4, 0.5) is 11.8 Å². The summed E-state index contributed by atoms with van der Waals surface area (Å²) in [6.07, 6.45) is 0.400. The number of hydrogen-bond donors (Lipinski definition) is 3. The van der Waals surface area contributed by atoms with E-state index in [0.717, 1.165) is 29.7 Å². The SMILES string of the molecule is CCNc1nc(NCC(O)CC(C)C)c2ccccc2n1. The summed E-state index contributed by atoms with van der Waals surface area (Å²) in [7, 11) is 0. The van der Waals surface area contributed by atoms with E-state index in [4.69, 9.17) is 0 Å². The predicted molar refractivity (Wildman–Crippen MR) is 87.7 cm³/mol. The maximum absolute atomic E-state index is 10.0. The smallest absolute Gasteiger partial charge is 0.225 e. The van der Waals surface area contributed by atoms with Crippen LogP contribution in [0.5, 0.6) is 0 Å². The van der Waals surface area contributed by atoms with E-state index in [1.54, 1.807) is 0 Å². The van der Waals surface area contributed by atoms with Crippen LogP contribution in [0.3, 0.4) is 0 Å². The zero-order chi connectivity index (χ0) is 15.2. The molecule has 0 fully saturated rings. The van der Waals surface area contributed by atoms with Gasteiger partial charge < -0.3 is 15.7 Å². The van der Waals surface area contributed by atoms with E-state index < -0.39 is 0 Å². The Balaban J connectivity index is 2.20. The molecule has 0 bridgehead atoms. The number of fused-ring (bicyclic) bond motifs is 1. The number of anilines is 2. The van der Waals surface area contributed by atoms with Crippen molar-refractivity contribution in [1.29, 1.82) is 0 Å². The topological polar surface area (TPSA) is 70.1 Å². The van der Waals surface area contributed by atoms with Crippen molar-refractivity contribution in [3.8, 4) is 0 Å². The Hall–Kier alpha value is -1.88. The van der Waals surface area contributed by atoms with Crippen molar-refractivity contribution in [3.63, 3.8) is 0 Å². The Morgan fingerprint density at radius 2 is 1.90 bits per heavy atom. The van der Waals surface area contributed by atoms with E-state index in [1.165, 1.54) is 0 Å². The lowest BCUT2D eigenvalue weighted by Crippen LogP contribution is -2.22. The Morgan fingerprint density at radius 3 is 2.62 bits per heavy atom. The number of rotatable bonds is 7. The molecule has 0 saturated carbocycles. The van der Waals surface area contributed by atoms with Gasteiger partial charge in [-0.15, -0.1) is 0 Å². The molecule has 5 heteroatoms. The van der Waals surface area contributed by atoms with Crippen LogP contribution >= 0.6 is 0 Å². The summed E-state index contributed by atoms with van der Waals surface area (Å²) in [5.41, 5.74) is 0.893. The quantitative estimate of drug-likeness (QED) is 0.731. The number of aliphatic hydroxyl groups excluding tert-OH is 1. The summed E-state index contributed by atoms with van der Waals surface area (Å²) in [5, 5.41) is 17.4. The van der Waals surface area contributed by atoms with E-state index in [2.05, 4.69) is 34.4 Å². The second-order valence-electron chi connectivity index (χ2n) is 5.61. The molecule has 1 heterocycles. The molecule has 0 aliphatic heterocycles. The van der Waals surface area contributed by atoms with Crippen LogP contribution in [0.15, 0.2) is 24.3 Å². The maximum Gasteiger partial charge on any atom is 0.225 e. The summed E-state index contributed by atoms with van der Waals surface area (Å²) in [6.45, 7) is 7.48. The molecular formula is C16H24N4O. The number of nitrogens with one attached hydrogen (secondary N) is 2. The van der Waals surface area contributed by atoms with Crippen LogP contribution < -0.4 is 10.6 Å². The summed E-state index contributed by atoms with van der Waals surface area (Å²) >= 11 is 0. The molecule has 1 aromatic heterocycles. The van der Waals surface area contributed by atoms with Crippen LogP contribution in [-0.4, -0.2) is 34.3 Å². The first-order valence-electron chi connectivity index (χ1n) is 7.52. The minimum atomic E-state index is -0.374. The lowest BCUT2D eigenvalue weighted by Gasteiger charge is -2.16. The van der Waals surface area contributed by atoms with Gasteiger partial charge in [-0.05, 0) is 31.4 Å². The van der Waals surface area contributed by atoms with Crippen LogP contribution in [-0.2, 0) is 0 Å². The molecule has 0 saturated heterocycles. The average Bonchev–Trinajstić information content (AvgIpc) is 2.44. The third-order valence-corrected chi connectivity index (χ3v) is 3.19. The van der Waals surface area contributed by atoms with Gasteiger partial charge in [0.1, 0.15) is 5.82 Å². The lowest BCUT2D eigenvalue weighted by molar-refractivity contribution is 0.161. The van der Waals surface area contributed by atoms with Gasteiger partial charge in [0.15, 0.2) is 0 Å². The molecule has 3 N–H and O–H groups in total. The van der Waals surface area contributed by atoms with Crippen LogP contribution in [0.2, 0.25) is 0 Å². The molecular weight excluding hydrogens is 264 g/mol. The zero-order valence-electron chi connectivity index (χ0n) is 12.9. The first-order chi connectivity index (χ1) is 10.1. The van der Waals surface area contributed by atoms with Gasteiger partial charge >= 0.3 is 0 Å². The van der Waals surface area contributed by atoms with Gasteiger partial charge in [-0.1, -0.05) is 26.0 Å². The number of para-hydroxylation sites is 1. The second-order valence-corrected chi connectivity index (χ2v) is 5.61. The van der Waals surface area contributed by atoms with E-state index in [0.29, 0.717) is 18.4 Å². The van der Waals surface area contributed by atoms with E-state index in [9.17, 15) is 5.11 Å². The fourth-order valence-electron chi connectivity index (χ4n) is 2.29. The van der Waals surface area contributed by atoms with Crippen molar-refractivity contribution in [2.75, 3.05) is 23.7 Å². The molecule has 0 aliphatic rings. The predicted octanol–water partition coefficient (Wildman–Crippen LogP) is 2.88. The van der Waals surface area contributed by atoms with E-state index in [1.807, 2.05) is 31.2 Å². The normalized spacial score (nSPS) is 12.6. The largest absolute Gasteiger partial charge is 0.391 e. The summed E-state index contributed by atoms with van der Waals surface area (Å²) in [6, 6.07) is 7.88. The molecule has 0 radical (unpaired) electrons. The zero-order valence-corrected chi connectivity index (χ0v) is 12.9. The number of hydrogen-bond acceptors (Lipinski definition) is 5. The van der Waals surface area contributed by atoms with Crippen molar-refractivity contribution in [1.82, 2.24) is 9.97 Å². The van der Waals surface area contributed by atoms with Gasteiger partial charge in [0.05, 0.1) is 11.6 Å². The number of aromatic nitrogens is 2. The molecule has 1 atom stereocenters. The fraction of sp³-hybridized carbons (Fsp3) is 0.500. The average molecular weight is 288 g/mol. The van der Waals surface area contributed by atoms with Gasteiger partial charge in [0.2, 0.25) is 5.95 Å². The van der Waals surface area contributed by atoms with Crippen molar-refractivity contribution in [3.05, 3.63) is 24.3 Å². The first kappa shape index (κ1) is 15.5. The molecule has 2 rings (SSSR count). The molecule has 5 nitrogen and oxygen atoms in total. The standard InChI is InChI=1S/C16H24N4O/c1-4-17-16-19-14-8-6-5-7-13(14)15(20-16)18-10-12(21)9-11(2)3/h5-8,11-12,21H,4,9-10H2,1-3H3,(H2,17,18,19,20). The fourth-order valence-corrected chi connectivity index (χ4v) is 2.29. The van der Waals surface area contributed by atoms with Crippen molar-refractivity contribution >= 4 is 22.7 Å². The summed E-state index contributed by atoms with van der Waals surface area (Å²) < 4.78 is 0. The molecule has 1 unspecified atom stereocenters. The lowest BCUT2D eigenvalue weighted by atomic mass is 10.1. The van der Waals surface area contributed by atoms with Crippen LogP contribution in [0, 0.1) is 5.92 Å². The van der Waals surface area contributed by atoms with Gasteiger partial charge in [-0.25, -0.2) is 4.98 Å². The maximum atomic E-state index is 10.0. The highest BCUT2D eigenvalue weighted by molar-refractivity contribution is 5.90. The first-order valence-corrected chi connectivity index (χ1v) is 7.52. The highest BCUT2D eigenvalue weighted by Crippen LogP contribution is 2.22. The van der Waals surface area contributed by atoms with E-state index >= 15 is 0 Å². The molecule has 21 heavy (non-hydrogen) atoms. The molecule has 0 aliphatic carbocycles. The monoisotopic (exact) mass is 288 g/mol. The molecule has 0 spiro atoms. The number of aliphatic hydroxyl groups is 1. The van der Waals surface area contributed by atoms with Gasteiger partial charge in [-0.3, -0.25) is 0 Å². The Bertz CT molecular complexity index is 585. The van der Waals surface area contributed by atoms with Gasteiger partial charge in [-0.2, -0.15) is 4.98 Å². The van der Waals surface area contributed by atoms with Gasteiger partial charge in [0, 0.05) is 18.5 Å². The number of benzene rings is 1. The minimum absolute atomic E-state index is 0.374. The molecule has 114 valence electrons. The van der Waals surface area contributed by atoms with Gasteiger partial charge in [0.25, 0.3) is 0 Å². The van der Waals surface area contributed by atoms with Crippen molar-refractivity contribution in [2.45, 2.75) is 33.3 Å². The third kappa shape index (κ3) is 4.29. The summed E-state index contributed by atoms with van der Waals surface area (Å²) in [4.78, 5) is 8.97. The Kier molecular flexibility index (Phi) is 5.33. The summed E-state index contributed by atoms with van der Waals surface area (Å²) in [5.74, 6) is 1.85. The Morgan fingerprint density at radius 1 is 1.14 bits per heavy atom. The molecule has 2 aromatic rings. The minimum Gasteiger partial charge on any atom is -0.391 e. The number of nitrogens with zero attached hydrogens (tertiary/aromatic N) is 2. The van der Waals surface area contributed by atoms with Crippen LogP contribution in [0.1, 0.15) is 27.2 Å². The molecule has 1 aromatic carbocycles. The second kappa shape index (κ2) is 7.22. The Labute approximate surface area is 125 Å². The molecule has 0 amide bonds. The highest BCUT2D eigenvalue weighted by Gasteiger charge is 2.10. The third-order valence-electron chi connectivity index (χ3n) is 3.19. The van der Waals surface area contributed by atoms with Crippen molar-refractivity contribution in [2.24, 2.45) is 5.92 Å². The van der Waals surface area contributed by atoms with Crippen LogP contribution in [0.25, 0.3) is 10.9 Å². The van der Waals surface area contributed by atoms with E-state index in [-0.39, 0.29) is 6.10 Å². The van der Waals surface area contributed by atoms with Crippen molar-refractivity contribution < 1.29 is 5.11 Å².